The van der Waals surface area contributed by atoms with Crippen LogP contribution in [0.2, 0.25) is 0 Å². The third-order valence-corrected chi connectivity index (χ3v) is 5.90. The Kier molecular flexibility index (Phi) is 4.91. The van der Waals surface area contributed by atoms with Gasteiger partial charge in [0.2, 0.25) is 0 Å². The molecule has 3 aromatic heterocycles. The third-order valence-electron chi connectivity index (χ3n) is 5.90. The highest BCUT2D eigenvalue weighted by molar-refractivity contribution is 5.95. The summed E-state index contributed by atoms with van der Waals surface area (Å²) in [5, 5.41) is 6.32. The Balaban J connectivity index is 1.42. The topological polar surface area (TPSA) is 84.2 Å². The van der Waals surface area contributed by atoms with Crippen LogP contribution in [-0.4, -0.2) is 31.3 Å². The number of imidazole rings is 1. The van der Waals surface area contributed by atoms with E-state index in [1.54, 1.807) is 30.6 Å². The fraction of sp³-hybridized carbons (Fsp3) is 0.154. The van der Waals surface area contributed by atoms with Crippen LogP contribution in [0.1, 0.15) is 28.9 Å². The lowest BCUT2D eigenvalue weighted by Crippen LogP contribution is -2.25. The maximum absolute atomic E-state index is 14.2. The lowest BCUT2D eigenvalue weighted by molar-refractivity contribution is 0.0951. The second-order valence-corrected chi connectivity index (χ2v) is 8.40. The van der Waals surface area contributed by atoms with Crippen LogP contribution in [0.5, 0.6) is 0 Å². The Morgan fingerprint density at radius 1 is 1.06 bits per heavy atom. The summed E-state index contributed by atoms with van der Waals surface area (Å²) in [7, 11) is 0. The number of nitrogens with zero attached hydrogens (tertiary/aromatic N) is 4. The van der Waals surface area contributed by atoms with Crippen LogP contribution >= 0.6 is 0 Å². The number of halogens is 1. The molecule has 0 unspecified atom stereocenters. The molecule has 1 amide bonds. The minimum absolute atomic E-state index is 0.0649. The maximum Gasteiger partial charge on any atom is 0.251 e. The lowest BCUT2D eigenvalue weighted by atomic mass is 10.1. The van der Waals surface area contributed by atoms with E-state index >= 15 is 0 Å². The number of hydrogen-bond acceptors (Lipinski definition) is 5. The molecule has 0 aliphatic heterocycles. The average molecular weight is 452 g/mol. The van der Waals surface area contributed by atoms with Gasteiger partial charge in [-0.2, -0.15) is 0 Å². The summed E-state index contributed by atoms with van der Waals surface area (Å²) in [6, 6.07) is 17.9. The Bertz CT molecular complexity index is 1510. The Morgan fingerprint density at radius 3 is 2.68 bits per heavy atom. The van der Waals surface area contributed by atoms with Crippen molar-refractivity contribution in [1.82, 2.24) is 24.7 Å². The van der Waals surface area contributed by atoms with E-state index in [2.05, 4.69) is 20.6 Å². The van der Waals surface area contributed by atoms with Crippen LogP contribution in [0.15, 0.2) is 73.1 Å². The minimum atomic E-state index is -0.350. The number of fused-ring (bicyclic) bond motifs is 3. The normalized spacial score (nSPS) is 13.3. The van der Waals surface area contributed by atoms with Gasteiger partial charge in [-0.25, -0.2) is 14.4 Å². The first-order chi connectivity index (χ1) is 16.7. The average Bonchev–Trinajstić information content (AvgIpc) is 3.57. The van der Waals surface area contributed by atoms with Crippen LogP contribution in [0, 0.1) is 5.82 Å². The molecular formula is C26H21FN6O. The van der Waals surface area contributed by atoms with Crippen molar-refractivity contribution in [3.63, 3.8) is 0 Å². The second-order valence-electron chi connectivity index (χ2n) is 8.40. The monoisotopic (exact) mass is 452 g/mol. The molecule has 7 nitrogen and oxygen atoms in total. The molecule has 1 aliphatic rings. The predicted molar refractivity (Wildman–Crippen MR) is 128 cm³/mol. The molecule has 1 fully saturated rings. The quantitative estimate of drug-likeness (QED) is 0.394. The van der Waals surface area contributed by atoms with E-state index in [4.69, 9.17) is 4.98 Å². The maximum atomic E-state index is 14.2. The number of aromatic nitrogens is 4. The molecule has 6 rings (SSSR count). The SMILES string of the molecule is O=C(NC1CC1)c1ccc(-c2cnc3c(NCc4ccccn4)nc4ccc(F)cc4n23)cc1. The van der Waals surface area contributed by atoms with Crippen LogP contribution in [-0.2, 0) is 6.54 Å². The van der Waals surface area contributed by atoms with Gasteiger partial charge in [0, 0.05) is 29.4 Å². The van der Waals surface area contributed by atoms with Gasteiger partial charge in [-0.15, -0.1) is 0 Å². The highest BCUT2D eigenvalue weighted by Crippen LogP contribution is 2.29. The summed E-state index contributed by atoms with van der Waals surface area (Å²) in [5.41, 5.74) is 4.96. The first kappa shape index (κ1) is 20.3. The molecule has 3 heterocycles. The summed E-state index contributed by atoms with van der Waals surface area (Å²) in [6.45, 7) is 0.475. The molecule has 1 aliphatic carbocycles. The number of carbonyl (C=O) groups excluding carboxylic acids is 1. The van der Waals surface area contributed by atoms with E-state index in [0.717, 1.165) is 29.8 Å². The largest absolute Gasteiger partial charge is 0.361 e. The van der Waals surface area contributed by atoms with E-state index in [9.17, 15) is 9.18 Å². The molecule has 8 heteroatoms. The van der Waals surface area contributed by atoms with Crippen molar-refractivity contribution >= 4 is 28.4 Å². The van der Waals surface area contributed by atoms with E-state index in [1.807, 2.05) is 34.7 Å². The van der Waals surface area contributed by atoms with Gasteiger partial charge in [-0.05, 0) is 49.2 Å². The molecular weight excluding hydrogens is 431 g/mol. The van der Waals surface area contributed by atoms with Crippen molar-refractivity contribution in [2.75, 3.05) is 5.32 Å². The molecule has 2 N–H and O–H groups in total. The molecule has 0 bridgehead atoms. The first-order valence-corrected chi connectivity index (χ1v) is 11.2. The fourth-order valence-electron chi connectivity index (χ4n) is 3.99. The number of amides is 1. The van der Waals surface area contributed by atoms with Crippen LogP contribution in [0.4, 0.5) is 10.2 Å². The van der Waals surface area contributed by atoms with E-state index in [1.165, 1.54) is 12.1 Å². The Labute approximate surface area is 194 Å². The lowest BCUT2D eigenvalue weighted by Gasteiger charge is -2.12. The second kappa shape index (κ2) is 8.22. The van der Waals surface area contributed by atoms with E-state index in [0.29, 0.717) is 40.6 Å². The molecule has 0 spiro atoms. The summed E-state index contributed by atoms with van der Waals surface area (Å²) >= 11 is 0. The Morgan fingerprint density at radius 2 is 1.91 bits per heavy atom. The number of nitrogens with one attached hydrogen (secondary N) is 2. The number of anilines is 1. The zero-order valence-electron chi connectivity index (χ0n) is 18.2. The molecule has 0 atom stereocenters. The van der Waals surface area contributed by atoms with Gasteiger partial charge in [0.25, 0.3) is 5.91 Å². The van der Waals surface area contributed by atoms with E-state index in [-0.39, 0.29) is 11.7 Å². The number of benzene rings is 2. The van der Waals surface area contributed by atoms with Crippen molar-refractivity contribution in [1.29, 1.82) is 0 Å². The molecule has 168 valence electrons. The smallest absolute Gasteiger partial charge is 0.251 e. The fourth-order valence-corrected chi connectivity index (χ4v) is 3.99. The highest BCUT2D eigenvalue weighted by Gasteiger charge is 2.24. The summed E-state index contributed by atoms with van der Waals surface area (Å²) in [4.78, 5) is 26.0. The predicted octanol–water partition coefficient (Wildman–Crippen LogP) is 4.59. The highest BCUT2D eigenvalue weighted by atomic mass is 19.1. The zero-order chi connectivity index (χ0) is 23.1. The third kappa shape index (κ3) is 3.83. The number of carbonyl (C=O) groups is 1. The standard InChI is InChI=1S/C26H21FN6O/c27-18-8-11-21-22(13-18)33-23(16-4-6-17(7-5-16)26(34)31-19-9-10-19)15-30-25(33)24(32-21)29-14-20-3-1-2-12-28-20/h1-8,11-13,15,19H,9-10,14H2,(H,29,32)(H,31,34). The van der Waals surface area contributed by atoms with Crippen molar-refractivity contribution in [2.24, 2.45) is 0 Å². The summed E-state index contributed by atoms with van der Waals surface area (Å²) in [6.07, 6.45) is 5.57. The van der Waals surface area contributed by atoms with Gasteiger partial charge in [0.15, 0.2) is 11.5 Å². The van der Waals surface area contributed by atoms with Crippen molar-refractivity contribution < 1.29 is 9.18 Å². The van der Waals surface area contributed by atoms with Crippen molar-refractivity contribution in [3.8, 4) is 11.3 Å². The van der Waals surface area contributed by atoms with Crippen LogP contribution in [0.3, 0.4) is 0 Å². The number of pyridine rings is 1. The van der Waals surface area contributed by atoms with Crippen LogP contribution in [0.25, 0.3) is 27.9 Å². The molecule has 2 aromatic carbocycles. The minimum Gasteiger partial charge on any atom is -0.361 e. The molecule has 0 radical (unpaired) electrons. The molecule has 34 heavy (non-hydrogen) atoms. The first-order valence-electron chi connectivity index (χ1n) is 11.2. The zero-order valence-corrected chi connectivity index (χ0v) is 18.2. The van der Waals surface area contributed by atoms with Crippen LogP contribution < -0.4 is 10.6 Å². The van der Waals surface area contributed by atoms with Gasteiger partial charge < -0.3 is 10.6 Å². The summed E-state index contributed by atoms with van der Waals surface area (Å²) < 4.78 is 16.1. The number of hydrogen-bond donors (Lipinski definition) is 2. The van der Waals surface area contributed by atoms with Gasteiger partial charge in [0.1, 0.15) is 5.82 Å². The van der Waals surface area contributed by atoms with Gasteiger partial charge >= 0.3 is 0 Å². The van der Waals surface area contributed by atoms with E-state index < -0.39 is 0 Å². The summed E-state index contributed by atoms with van der Waals surface area (Å²) in [5.74, 6) is 0.165. The molecule has 0 saturated heterocycles. The van der Waals surface area contributed by atoms with Gasteiger partial charge in [0.05, 0.1) is 35.2 Å². The Hall–Kier alpha value is -4.33. The number of rotatable bonds is 6. The molecule has 1 saturated carbocycles. The van der Waals surface area contributed by atoms with Gasteiger partial charge in [-0.3, -0.25) is 14.2 Å². The molecule has 5 aromatic rings. The van der Waals surface area contributed by atoms with Crippen molar-refractivity contribution in [3.05, 3.63) is 90.1 Å². The van der Waals surface area contributed by atoms with Crippen molar-refractivity contribution in [2.45, 2.75) is 25.4 Å². The van der Waals surface area contributed by atoms with Gasteiger partial charge in [-0.1, -0.05) is 18.2 Å².